The average Bonchev–Trinajstić information content (AvgIpc) is 2.82. The zero-order valence-electron chi connectivity index (χ0n) is 19.2. The minimum Gasteiger partial charge on any atom is -0.351 e. The van der Waals surface area contributed by atoms with Crippen LogP contribution in [0.15, 0.2) is 42.7 Å². The van der Waals surface area contributed by atoms with Gasteiger partial charge in [0.2, 0.25) is 0 Å². The van der Waals surface area contributed by atoms with Crippen LogP contribution < -0.4 is 9.80 Å². The van der Waals surface area contributed by atoms with Crippen LogP contribution in [0, 0.1) is 13.8 Å². The number of carbonyl (C=O) groups excluding carboxylic acids is 1. The second-order valence-electron chi connectivity index (χ2n) is 8.40. The van der Waals surface area contributed by atoms with Crippen LogP contribution in [0.1, 0.15) is 53.1 Å². The molecule has 0 saturated carbocycles. The SMILES string of the molecule is CCC1CN(c2nnc(Cc3ccccc3)c(C)c2C)CCN1c1cnc(C(C)=O)cn1. The first-order chi connectivity index (χ1) is 15.5. The first-order valence-corrected chi connectivity index (χ1v) is 11.2. The van der Waals surface area contributed by atoms with Gasteiger partial charge in [0.15, 0.2) is 11.6 Å². The molecule has 0 radical (unpaired) electrons. The highest BCUT2D eigenvalue weighted by Crippen LogP contribution is 2.27. The van der Waals surface area contributed by atoms with Gasteiger partial charge in [-0.1, -0.05) is 37.3 Å². The Kier molecular flexibility index (Phi) is 6.44. The van der Waals surface area contributed by atoms with Crippen molar-refractivity contribution in [3.63, 3.8) is 0 Å². The Morgan fingerprint density at radius 3 is 2.47 bits per heavy atom. The molecule has 7 nitrogen and oxygen atoms in total. The van der Waals surface area contributed by atoms with Crippen LogP contribution in [-0.4, -0.2) is 51.6 Å². The fourth-order valence-corrected chi connectivity index (χ4v) is 4.25. The van der Waals surface area contributed by atoms with Gasteiger partial charge >= 0.3 is 0 Å². The summed E-state index contributed by atoms with van der Waals surface area (Å²) < 4.78 is 0. The normalized spacial score (nSPS) is 16.3. The summed E-state index contributed by atoms with van der Waals surface area (Å²) in [5.41, 5.74) is 5.08. The fraction of sp³-hybridized carbons (Fsp3) is 0.400. The molecule has 32 heavy (non-hydrogen) atoms. The number of piperazine rings is 1. The van der Waals surface area contributed by atoms with Gasteiger partial charge in [-0.2, -0.15) is 5.10 Å². The lowest BCUT2D eigenvalue weighted by atomic mass is 10.0. The van der Waals surface area contributed by atoms with Gasteiger partial charge in [0.25, 0.3) is 0 Å². The molecule has 4 rings (SSSR count). The number of Topliss-reactive ketones (excluding diaryl/α,β-unsaturated/α-hetero) is 1. The van der Waals surface area contributed by atoms with Gasteiger partial charge in [-0.15, -0.1) is 5.10 Å². The monoisotopic (exact) mass is 430 g/mol. The fourth-order valence-electron chi connectivity index (χ4n) is 4.25. The number of rotatable bonds is 6. The maximum absolute atomic E-state index is 11.5. The molecule has 0 amide bonds. The Bertz CT molecular complexity index is 1080. The number of benzene rings is 1. The maximum Gasteiger partial charge on any atom is 0.179 e. The highest BCUT2D eigenvalue weighted by molar-refractivity contribution is 5.91. The minimum absolute atomic E-state index is 0.0685. The number of aromatic nitrogens is 4. The van der Waals surface area contributed by atoms with Gasteiger partial charge < -0.3 is 9.80 Å². The van der Waals surface area contributed by atoms with E-state index in [1.165, 1.54) is 23.6 Å². The highest BCUT2D eigenvalue weighted by Gasteiger charge is 2.29. The molecule has 2 aromatic heterocycles. The summed E-state index contributed by atoms with van der Waals surface area (Å²) in [5.74, 6) is 1.72. The molecule has 1 aliphatic rings. The van der Waals surface area contributed by atoms with Crippen molar-refractivity contribution < 1.29 is 4.79 Å². The second-order valence-corrected chi connectivity index (χ2v) is 8.40. The van der Waals surface area contributed by atoms with E-state index in [4.69, 9.17) is 0 Å². The minimum atomic E-state index is -0.0685. The van der Waals surface area contributed by atoms with E-state index < -0.39 is 0 Å². The largest absolute Gasteiger partial charge is 0.351 e. The Morgan fingerprint density at radius 2 is 1.81 bits per heavy atom. The van der Waals surface area contributed by atoms with Crippen molar-refractivity contribution in [2.75, 3.05) is 29.4 Å². The summed E-state index contributed by atoms with van der Waals surface area (Å²) in [5, 5.41) is 9.25. The number of ketones is 1. The molecule has 1 fully saturated rings. The molecule has 0 bridgehead atoms. The lowest BCUT2D eigenvalue weighted by Crippen LogP contribution is -2.54. The number of anilines is 2. The highest BCUT2D eigenvalue weighted by atomic mass is 16.1. The summed E-state index contributed by atoms with van der Waals surface area (Å²) in [4.78, 5) is 24.9. The van der Waals surface area contributed by atoms with Crippen molar-refractivity contribution in [1.29, 1.82) is 0 Å². The molecule has 166 valence electrons. The van der Waals surface area contributed by atoms with E-state index in [9.17, 15) is 4.79 Å². The van der Waals surface area contributed by atoms with Crippen molar-refractivity contribution in [1.82, 2.24) is 20.2 Å². The van der Waals surface area contributed by atoms with E-state index in [-0.39, 0.29) is 11.8 Å². The van der Waals surface area contributed by atoms with Crippen LogP contribution in [0.4, 0.5) is 11.6 Å². The summed E-state index contributed by atoms with van der Waals surface area (Å²) in [6.07, 6.45) is 5.05. The average molecular weight is 431 g/mol. The van der Waals surface area contributed by atoms with Crippen LogP contribution >= 0.6 is 0 Å². The number of hydrogen-bond acceptors (Lipinski definition) is 7. The Morgan fingerprint density at radius 1 is 1.03 bits per heavy atom. The van der Waals surface area contributed by atoms with Crippen LogP contribution in [-0.2, 0) is 6.42 Å². The van der Waals surface area contributed by atoms with Crippen LogP contribution in [0.3, 0.4) is 0 Å². The van der Waals surface area contributed by atoms with Crippen molar-refractivity contribution in [3.8, 4) is 0 Å². The molecule has 1 atom stereocenters. The third kappa shape index (κ3) is 4.47. The zero-order chi connectivity index (χ0) is 22.7. The second kappa shape index (κ2) is 9.42. The van der Waals surface area contributed by atoms with Crippen molar-refractivity contribution in [2.45, 2.75) is 46.6 Å². The smallest absolute Gasteiger partial charge is 0.179 e. The quantitative estimate of drug-likeness (QED) is 0.551. The Labute approximate surface area is 189 Å². The van der Waals surface area contributed by atoms with E-state index in [0.717, 1.165) is 49.8 Å². The van der Waals surface area contributed by atoms with Gasteiger partial charge in [0.05, 0.1) is 18.1 Å². The van der Waals surface area contributed by atoms with Crippen molar-refractivity contribution >= 4 is 17.4 Å². The molecular formula is C25H30N6O. The third-order valence-electron chi connectivity index (χ3n) is 6.36. The summed E-state index contributed by atoms with van der Waals surface area (Å²) in [6, 6.07) is 10.7. The third-order valence-corrected chi connectivity index (χ3v) is 6.36. The lowest BCUT2D eigenvalue weighted by molar-refractivity contribution is 0.101. The van der Waals surface area contributed by atoms with E-state index in [1.54, 1.807) is 12.4 Å². The van der Waals surface area contributed by atoms with E-state index in [0.29, 0.717) is 5.69 Å². The summed E-state index contributed by atoms with van der Waals surface area (Å²) >= 11 is 0. The Balaban J connectivity index is 1.51. The predicted molar refractivity (Wildman–Crippen MR) is 126 cm³/mol. The molecule has 1 saturated heterocycles. The molecule has 3 aromatic rings. The summed E-state index contributed by atoms with van der Waals surface area (Å²) in [6.45, 7) is 10.5. The Hall–Kier alpha value is -3.35. The van der Waals surface area contributed by atoms with Gasteiger partial charge in [0, 0.05) is 39.0 Å². The van der Waals surface area contributed by atoms with E-state index in [2.05, 4.69) is 75.0 Å². The van der Waals surface area contributed by atoms with Crippen molar-refractivity contribution in [2.24, 2.45) is 0 Å². The lowest BCUT2D eigenvalue weighted by Gasteiger charge is -2.42. The number of hydrogen-bond donors (Lipinski definition) is 0. The molecule has 3 heterocycles. The van der Waals surface area contributed by atoms with Gasteiger partial charge in [-0.25, -0.2) is 9.97 Å². The molecular weight excluding hydrogens is 400 g/mol. The predicted octanol–water partition coefficient (Wildman–Crippen LogP) is 3.78. The van der Waals surface area contributed by atoms with E-state index >= 15 is 0 Å². The first-order valence-electron chi connectivity index (χ1n) is 11.2. The van der Waals surface area contributed by atoms with Crippen LogP contribution in [0.25, 0.3) is 0 Å². The zero-order valence-corrected chi connectivity index (χ0v) is 19.2. The molecule has 0 aliphatic carbocycles. The van der Waals surface area contributed by atoms with Gasteiger partial charge in [-0.05, 0) is 37.0 Å². The number of nitrogens with zero attached hydrogens (tertiary/aromatic N) is 6. The molecule has 0 N–H and O–H groups in total. The van der Waals surface area contributed by atoms with Gasteiger partial charge in [0.1, 0.15) is 11.5 Å². The molecule has 1 unspecified atom stereocenters. The first kappa shape index (κ1) is 21.9. The van der Waals surface area contributed by atoms with Crippen LogP contribution in [0.2, 0.25) is 0 Å². The molecule has 1 aromatic carbocycles. The maximum atomic E-state index is 11.5. The molecule has 1 aliphatic heterocycles. The van der Waals surface area contributed by atoms with Crippen LogP contribution in [0.5, 0.6) is 0 Å². The molecule has 7 heteroatoms. The summed E-state index contributed by atoms with van der Waals surface area (Å²) in [7, 11) is 0. The van der Waals surface area contributed by atoms with E-state index in [1.807, 2.05) is 6.07 Å². The topological polar surface area (TPSA) is 75.1 Å². The van der Waals surface area contributed by atoms with Crippen molar-refractivity contribution in [3.05, 3.63) is 70.8 Å². The van der Waals surface area contributed by atoms with Gasteiger partial charge in [-0.3, -0.25) is 4.79 Å². The number of carbonyl (C=O) groups is 1. The standard InChI is InChI=1S/C25H30N6O/c1-5-21-16-30(11-12-31(21)24-15-26-23(14-27-24)19(4)32)25-18(3)17(2)22(28-29-25)13-20-9-7-6-8-10-20/h6-10,14-15,21H,5,11-13,16H2,1-4H3. The molecule has 0 spiro atoms.